The molecule has 1 aromatic carbocycles. The number of para-hydroxylation sites is 1. The first kappa shape index (κ1) is 11.0. The Morgan fingerprint density at radius 2 is 2.00 bits per heavy atom. The molecule has 0 bridgehead atoms. The summed E-state index contributed by atoms with van der Waals surface area (Å²) in [5.41, 5.74) is 0. The van der Waals surface area contributed by atoms with Crippen LogP contribution in [0, 0.1) is 5.92 Å². The SMILES string of the molecule is O=C(O)[C@H]1CCC[C@H](Oc2ccccc2)C1. The molecule has 0 heterocycles. The van der Waals surface area contributed by atoms with Crippen LogP contribution in [0.15, 0.2) is 30.3 Å². The summed E-state index contributed by atoms with van der Waals surface area (Å²) in [5.74, 6) is -0.0950. The fourth-order valence-corrected chi connectivity index (χ4v) is 2.17. The molecular weight excluding hydrogens is 204 g/mol. The molecule has 1 aliphatic rings. The van der Waals surface area contributed by atoms with Crippen LogP contribution in [-0.4, -0.2) is 17.2 Å². The highest BCUT2D eigenvalue weighted by Crippen LogP contribution is 2.27. The molecule has 0 aromatic heterocycles. The number of aliphatic carboxylic acids is 1. The second-order valence-electron chi connectivity index (χ2n) is 4.25. The van der Waals surface area contributed by atoms with E-state index in [0.717, 1.165) is 25.0 Å². The molecular formula is C13H16O3. The number of carbonyl (C=O) groups is 1. The Bertz CT molecular complexity index is 347. The summed E-state index contributed by atoms with van der Waals surface area (Å²) in [5, 5.41) is 8.97. The Morgan fingerprint density at radius 3 is 2.69 bits per heavy atom. The van der Waals surface area contributed by atoms with Crippen LogP contribution < -0.4 is 4.74 Å². The predicted molar refractivity (Wildman–Crippen MR) is 60.5 cm³/mol. The quantitative estimate of drug-likeness (QED) is 0.851. The number of ether oxygens (including phenoxy) is 1. The summed E-state index contributed by atoms with van der Waals surface area (Å²) < 4.78 is 5.77. The third-order valence-corrected chi connectivity index (χ3v) is 3.02. The maximum atomic E-state index is 10.9. The minimum Gasteiger partial charge on any atom is -0.490 e. The van der Waals surface area contributed by atoms with Crippen LogP contribution >= 0.6 is 0 Å². The van der Waals surface area contributed by atoms with E-state index in [9.17, 15) is 4.79 Å². The molecule has 16 heavy (non-hydrogen) atoms. The number of benzene rings is 1. The molecule has 1 N–H and O–H groups in total. The molecule has 0 unspecified atom stereocenters. The van der Waals surface area contributed by atoms with Crippen molar-refractivity contribution in [3.8, 4) is 5.75 Å². The molecule has 0 saturated heterocycles. The van der Waals surface area contributed by atoms with Gasteiger partial charge in [0.2, 0.25) is 0 Å². The van der Waals surface area contributed by atoms with Crippen LogP contribution in [0.1, 0.15) is 25.7 Å². The van der Waals surface area contributed by atoms with Gasteiger partial charge in [0.05, 0.1) is 12.0 Å². The van der Waals surface area contributed by atoms with Gasteiger partial charge in [0.1, 0.15) is 5.75 Å². The van der Waals surface area contributed by atoms with Crippen molar-refractivity contribution in [2.75, 3.05) is 0 Å². The van der Waals surface area contributed by atoms with Gasteiger partial charge in [-0.1, -0.05) is 18.2 Å². The van der Waals surface area contributed by atoms with Crippen molar-refractivity contribution in [2.45, 2.75) is 31.8 Å². The summed E-state index contributed by atoms with van der Waals surface area (Å²) in [6.45, 7) is 0. The smallest absolute Gasteiger partial charge is 0.306 e. The van der Waals surface area contributed by atoms with Crippen molar-refractivity contribution in [2.24, 2.45) is 5.92 Å². The van der Waals surface area contributed by atoms with Gasteiger partial charge in [-0.05, 0) is 37.8 Å². The van der Waals surface area contributed by atoms with Gasteiger partial charge in [-0.15, -0.1) is 0 Å². The van der Waals surface area contributed by atoms with E-state index >= 15 is 0 Å². The van der Waals surface area contributed by atoms with Crippen LogP contribution in [0.25, 0.3) is 0 Å². The normalized spacial score (nSPS) is 25.0. The first-order valence-corrected chi connectivity index (χ1v) is 5.70. The van der Waals surface area contributed by atoms with E-state index in [1.165, 1.54) is 0 Å². The van der Waals surface area contributed by atoms with Crippen molar-refractivity contribution in [3.05, 3.63) is 30.3 Å². The van der Waals surface area contributed by atoms with Gasteiger partial charge in [0, 0.05) is 0 Å². The summed E-state index contributed by atoms with van der Waals surface area (Å²) >= 11 is 0. The van der Waals surface area contributed by atoms with Gasteiger partial charge in [-0.2, -0.15) is 0 Å². The van der Waals surface area contributed by atoms with Crippen molar-refractivity contribution < 1.29 is 14.6 Å². The molecule has 0 amide bonds. The Labute approximate surface area is 95.0 Å². The topological polar surface area (TPSA) is 46.5 Å². The standard InChI is InChI=1S/C13H16O3/c14-13(15)10-5-4-8-12(9-10)16-11-6-2-1-3-7-11/h1-3,6-7,10,12H,4-5,8-9H2,(H,14,15)/t10-,12-/m0/s1. The highest BCUT2D eigenvalue weighted by molar-refractivity contribution is 5.70. The lowest BCUT2D eigenvalue weighted by Crippen LogP contribution is -2.29. The summed E-state index contributed by atoms with van der Waals surface area (Å²) in [6, 6.07) is 9.60. The van der Waals surface area contributed by atoms with Crippen LogP contribution in [0.2, 0.25) is 0 Å². The van der Waals surface area contributed by atoms with E-state index in [1.54, 1.807) is 0 Å². The molecule has 86 valence electrons. The molecule has 1 fully saturated rings. The van der Waals surface area contributed by atoms with Gasteiger partial charge in [-0.3, -0.25) is 4.79 Å². The molecule has 0 aliphatic heterocycles. The van der Waals surface area contributed by atoms with Crippen molar-refractivity contribution >= 4 is 5.97 Å². The Morgan fingerprint density at radius 1 is 1.25 bits per heavy atom. The minimum atomic E-state index is -0.693. The Balaban J connectivity index is 1.93. The first-order chi connectivity index (χ1) is 7.75. The van der Waals surface area contributed by atoms with Crippen molar-refractivity contribution in [1.82, 2.24) is 0 Å². The van der Waals surface area contributed by atoms with E-state index in [1.807, 2.05) is 30.3 Å². The van der Waals surface area contributed by atoms with Crippen LogP contribution in [0.5, 0.6) is 5.75 Å². The summed E-state index contributed by atoms with van der Waals surface area (Å²) in [4.78, 5) is 10.9. The molecule has 3 heteroatoms. The van der Waals surface area contributed by atoms with E-state index < -0.39 is 5.97 Å². The molecule has 1 aromatic rings. The van der Waals surface area contributed by atoms with E-state index in [2.05, 4.69) is 0 Å². The van der Waals surface area contributed by atoms with Crippen LogP contribution in [0.3, 0.4) is 0 Å². The first-order valence-electron chi connectivity index (χ1n) is 5.70. The fourth-order valence-electron chi connectivity index (χ4n) is 2.17. The minimum absolute atomic E-state index is 0.0530. The zero-order chi connectivity index (χ0) is 11.4. The number of hydrogen-bond acceptors (Lipinski definition) is 2. The second-order valence-corrected chi connectivity index (χ2v) is 4.25. The van der Waals surface area contributed by atoms with Crippen LogP contribution in [-0.2, 0) is 4.79 Å². The molecule has 0 radical (unpaired) electrons. The Kier molecular flexibility index (Phi) is 3.44. The largest absolute Gasteiger partial charge is 0.490 e. The molecule has 0 spiro atoms. The van der Waals surface area contributed by atoms with E-state index in [-0.39, 0.29) is 12.0 Å². The van der Waals surface area contributed by atoms with Crippen molar-refractivity contribution in [3.63, 3.8) is 0 Å². The molecule has 1 saturated carbocycles. The second kappa shape index (κ2) is 5.01. The summed E-state index contributed by atoms with van der Waals surface area (Å²) in [7, 11) is 0. The lowest BCUT2D eigenvalue weighted by molar-refractivity contribution is -0.143. The van der Waals surface area contributed by atoms with Gasteiger partial charge in [0.15, 0.2) is 0 Å². The zero-order valence-electron chi connectivity index (χ0n) is 9.13. The third kappa shape index (κ3) is 2.75. The van der Waals surface area contributed by atoms with Gasteiger partial charge >= 0.3 is 5.97 Å². The monoisotopic (exact) mass is 220 g/mol. The maximum absolute atomic E-state index is 10.9. The third-order valence-electron chi connectivity index (χ3n) is 3.02. The van der Waals surface area contributed by atoms with Crippen molar-refractivity contribution in [1.29, 1.82) is 0 Å². The van der Waals surface area contributed by atoms with Gasteiger partial charge in [0.25, 0.3) is 0 Å². The van der Waals surface area contributed by atoms with E-state index in [0.29, 0.717) is 6.42 Å². The summed E-state index contributed by atoms with van der Waals surface area (Å²) in [6.07, 6.45) is 3.36. The highest BCUT2D eigenvalue weighted by Gasteiger charge is 2.27. The lowest BCUT2D eigenvalue weighted by Gasteiger charge is -2.27. The number of carboxylic acid groups (broad SMARTS) is 1. The number of hydrogen-bond donors (Lipinski definition) is 1. The number of rotatable bonds is 3. The zero-order valence-corrected chi connectivity index (χ0v) is 9.13. The average Bonchev–Trinajstić information content (AvgIpc) is 2.30. The molecule has 2 atom stereocenters. The number of carboxylic acids is 1. The highest BCUT2D eigenvalue weighted by atomic mass is 16.5. The molecule has 2 rings (SSSR count). The molecule has 1 aliphatic carbocycles. The average molecular weight is 220 g/mol. The van der Waals surface area contributed by atoms with E-state index in [4.69, 9.17) is 9.84 Å². The lowest BCUT2D eigenvalue weighted by atomic mass is 9.87. The van der Waals surface area contributed by atoms with Gasteiger partial charge in [-0.25, -0.2) is 0 Å². The Hall–Kier alpha value is -1.51. The van der Waals surface area contributed by atoms with Crippen LogP contribution in [0.4, 0.5) is 0 Å². The fraction of sp³-hybridized carbons (Fsp3) is 0.462. The molecule has 3 nitrogen and oxygen atoms in total. The maximum Gasteiger partial charge on any atom is 0.306 e. The van der Waals surface area contributed by atoms with Gasteiger partial charge < -0.3 is 9.84 Å². The predicted octanol–water partition coefficient (Wildman–Crippen LogP) is 2.71.